The molecule has 2 amide bonds. The van der Waals surface area contributed by atoms with E-state index in [-0.39, 0.29) is 35.6 Å². The highest BCUT2D eigenvalue weighted by molar-refractivity contribution is 5.96. The minimum Gasteiger partial charge on any atom is -0.468 e. The van der Waals surface area contributed by atoms with Crippen LogP contribution < -0.4 is 15.4 Å². The van der Waals surface area contributed by atoms with Crippen LogP contribution in [0.25, 0.3) is 0 Å². The Morgan fingerprint density at radius 1 is 1.21 bits per heavy atom. The number of carbonyl (C=O) groups is 2. The topological polar surface area (TPSA) is 93.2 Å². The van der Waals surface area contributed by atoms with Crippen molar-refractivity contribution < 1.29 is 27.5 Å². The van der Waals surface area contributed by atoms with Gasteiger partial charge in [-0.25, -0.2) is 9.97 Å². The lowest BCUT2D eigenvalue weighted by Gasteiger charge is -2.10. The Bertz CT molecular complexity index is 841. The van der Waals surface area contributed by atoms with Crippen LogP contribution in [-0.2, 0) is 11.3 Å². The molecule has 0 aliphatic rings. The third kappa shape index (κ3) is 6.86. The average molecular weight is 396 g/mol. The van der Waals surface area contributed by atoms with Gasteiger partial charge in [-0.05, 0) is 18.2 Å². The molecule has 2 N–H and O–H groups in total. The van der Waals surface area contributed by atoms with E-state index in [1.165, 1.54) is 30.5 Å². The van der Waals surface area contributed by atoms with Gasteiger partial charge in [0.1, 0.15) is 5.82 Å². The van der Waals surface area contributed by atoms with Gasteiger partial charge >= 0.3 is 6.18 Å². The molecule has 0 aliphatic carbocycles. The van der Waals surface area contributed by atoms with Gasteiger partial charge in [0, 0.05) is 23.7 Å². The van der Waals surface area contributed by atoms with Gasteiger partial charge in [0.15, 0.2) is 6.61 Å². The van der Waals surface area contributed by atoms with Crippen LogP contribution >= 0.6 is 0 Å². The fourth-order valence-corrected chi connectivity index (χ4v) is 1.98. The molecule has 0 radical (unpaired) electrons. The van der Waals surface area contributed by atoms with E-state index in [4.69, 9.17) is 0 Å². The van der Waals surface area contributed by atoms with Crippen LogP contribution in [0.4, 0.5) is 19.0 Å². The number of anilines is 1. The second-order valence-electron chi connectivity index (χ2n) is 6.13. The number of ether oxygens (including phenoxy) is 1. The number of aromatic nitrogens is 2. The molecule has 2 rings (SSSR count). The monoisotopic (exact) mass is 396 g/mol. The minimum atomic E-state index is -4.46. The number of amides is 2. The number of alkyl halides is 3. The van der Waals surface area contributed by atoms with Crippen LogP contribution in [0.1, 0.15) is 29.9 Å². The van der Waals surface area contributed by atoms with Crippen LogP contribution in [-0.4, -0.2) is 34.6 Å². The summed E-state index contributed by atoms with van der Waals surface area (Å²) in [7, 11) is 0. The van der Waals surface area contributed by atoms with Crippen LogP contribution in [0.2, 0.25) is 0 Å². The Labute approximate surface area is 159 Å². The number of rotatable bonds is 7. The minimum absolute atomic E-state index is 0.0158. The van der Waals surface area contributed by atoms with Gasteiger partial charge in [-0.3, -0.25) is 9.59 Å². The van der Waals surface area contributed by atoms with E-state index in [0.29, 0.717) is 5.69 Å². The van der Waals surface area contributed by atoms with E-state index in [2.05, 4.69) is 25.3 Å². The first-order chi connectivity index (χ1) is 13.1. The highest BCUT2D eigenvalue weighted by atomic mass is 19.4. The van der Waals surface area contributed by atoms with E-state index >= 15 is 0 Å². The van der Waals surface area contributed by atoms with Crippen LogP contribution in [0, 0.1) is 5.92 Å². The smallest absolute Gasteiger partial charge is 0.422 e. The Morgan fingerprint density at radius 3 is 2.64 bits per heavy atom. The molecule has 2 aromatic heterocycles. The lowest BCUT2D eigenvalue weighted by molar-refractivity contribution is -0.154. The summed E-state index contributed by atoms with van der Waals surface area (Å²) in [4.78, 5) is 31.9. The number of nitrogens with zero attached hydrogens (tertiary/aromatic N) is 2. The summed E-state index contributed by atoms with van der Waals surface area (Å²) in [5, 5.41) is 5.19. The molecular weight excluding hydrogens is 377 g/mol. The zero-order valence-corrected chi connectivity index (χ0v) is 15.2. The Kier molecular flexibility index (Phi) is 6.91. The molecule has 0 spiro atoms. The molecule has 7 nitrogen and oxygen atoms in total. The zero-order chi connectivity index (χ0) is 20.7. The molecule has 0 saturated carbocycles. The fraction of sp³-hybridized carbons (Fsp3) is 0.333. The first-order valence-corrected chi connectivity index (χ1v) is 8.34. The predicted octanol–water partition coefficient (Wildman–Crippen LogP) is 2.94. The lowest BCUT2D eigenvalue weighted by Crippen LogP contribution is -2.24. The molecule has 0 unspecified atom stereocenters. The number of nitrogens with one attached hydrogen (secondary N) is 2. The first kappa shape index (κ1) is 21.1. The van der Waals surface area contributed by atoms with Gasteiger partial charge in [-0.15, -0.1) is 0 Å². The van der Waals surface area contributed by atoms with Crippen LogP contribution in [0.3, 0.4) is 0 Å². The first-order valence-electron chi connectivity index (χ1n) is 8.34. The van der Waals surface area contributed by atoms with E-state index in [1.54, 1.807) is 19.9 Å². The zero-order valence-electron chi connectivity index (χ0n) is 15.2. The molecule has 0 aromatic carbocycles. The number of hydrogen-bond donors (Lipinski definition) is 2. The van der Waals surface area contributed by atoms with Crippen molar-refractivity contribution in [3.8, 4) is 5.88 Å². The summed E-state index contributed by atoms with van der Waals surface area (Å²) in [6.45, 7) is 1.99. The van der Waals surface area contributed by atoms with E-state index in [9.17, 15) is 22.8 Å². The van der Waals surface area contributed by atoms with Crippen LogP contribution in [0.15, 0.2) is 36.5 Å². The maximum Gasteiger partial charge on any atom is 0.422 e. The molecule has 10 heteroatoms. The van der Waals surface area contributed by atoms with Crippen molar-refractivity contribution in [2.45, 2.75) is 26.6 Å². The van der Waals surface area contributed by atoms with Crippen LogP contribution in [0.5, 0.6) is 5.88 Å². The second kappa shape index (κ2) is 9.16. The molecular formula is C18H19F3N4O3. The summed E-state index contributed by atoms with van der Waals surface area (Å²) in [5.74, 6) is -0.869. The van der Waals surface area contributed by atoms with Crippen molar-refractivity contribution in [1.29, 1.82) is 0 Å². The summed E-state index contributed by atoms with van der Waals surface area (Å²) in [5.41, 5.74) is 0.592. The Balaban J connectivity index is 1.96. The standard InChI is InChI=1S/C18H19F3N4O3/c1-11(2)16(26)25-14-8-12(6-7-22-14)17(27)23-9-13-4-3-5-15(24-13)28-10-18(19,20)21/h3-8,11H,9-10H2,1-2H3,(H,23,27)(H,22,25,26). The van der Waals surface area contributed by atoms with Crippen molar-refractivity contribution in [3.05, 3.63) is 47.8 Å². The number of carbonyl (C=O) groups excluding carboxylic acids is 2. The molecule has 0 saturated heterocycles. The maximum absolute atomic E-state index is 12.3. The summed E-state index contributed by atoms with van der Waals surface area (Å²) in [6.07, 6.45) is -3.08. The third-order valence-corrected chi connectivity index (χ3v) is 3.39. The van der Waals surface area contributed by atoms with E-state index in [1.807, 2.05) is 0 Å². The molecule has 2 heterocycles. The Morgan fingerprint density at radius 2 is 1.96 bits per heavy atom. The molecule has 0 fully saturated rings. The van der Waals surface area contributed by atoms with Gasteiger partial charge < -0.3 is 15.4 Å². The van der Waals surface area contributed by atoms with Crippen molar-refractivity contribution in [1.82, 2.24) is 15.3 Å². The quantitative estimate of drug-likeness (QED) is 0.751. The van der Waals surface area contributed by atoms with Crippen molar-refractivity contribution in [2.75, 3.05) is 11.9 Å². The van der Waals surface area contributed by atoms with Gasteiger partial charge in [-0.2, -0.15) is 13.2 Å². The molecule has 0 atom stereocenters. The number of hydrogen-bond acceptors (Lipinski definition) is 5. The highest BCUT2D eigenvalue weighted by Crippen LogP contribution is 2.17. The van der Waals surface area contributed by atoms with Gasteiger partial charge in [0.05, 0.1) is 12.2 Å². The van der Waals surface area contributed by atoms with Gasteiger partial charge in [0.25, 0.3) is 5.91 Å². The highest BCUT2D eigenvalue weighted by Gasteiger charge is 2.28. The molecule has 2 aromatic rings. The molecule has 0 aliphatic heterocycles. The van der Waals surface area contributed by atoms with E-state index in [0.717, 1.165) is 0 Å². The van der Waals surface area contributed by atoms with Crippen molar-refractivity contribution in [2.24, 2.45) is 5.92 Å². The van der Waals surface area contributed by atoms with Gasteiger partial charge in [-0.1, -0.05) is 19.9 Å². The maximum atomic E-state index is 12.3. The molecule has 0 bridgehead atoms. The summed E-state index contributed by atoms with van der Waals surface area (Å²) >= 11 is 0. The average Bonchev–Trinajstić information content (AvgIpc) is 2.64. The number of halogens is 3. The fourth-order valence-electron chi connectivity index (χ4n) is 1.98. The summed E-state index contributed by atoms with van der Waals surface area (Å²) in [6, 6.07) is 7.21. The lowest BCUT2D eigenvalue weighted by atomic mass is 10.2. The molecule has 28 heavy (non-hydrogen) atoms. The summed E-state index contributed by atoms with van der Waals surface area (Å²) < 4.78 is 41.2. The van der Waals surface area contributed by atoms with E-state index < -0.39 is 18.7 Å². The largest absolute Gasteiger partial charge is 0.468 e. The number of pyridine rings is 2. The molecule has 150 valence electrons. The Hall–Kier alpha value is -3.17. The van der Waals surface area contributed by atoms with Gasteiger partial charge in [0.2, 0.25) is 11.8 Å². The SMILES string of the molecule is CC(C)C(=O)Nc1cc(C(=O)NCc2cccc(OCC(F)(F)F)n2)ccn1. The second-order valence-corrected chi connectivity index (χ2v) is 6.13. The predicted molar refractivity (Wildman–Crippen MR) is 94.7 cm³/mol. The third-order valence-electron chi connectivity index (χ3n) is 3.39. The van der Waals surface area contributed by atoms with Crippen molar-refractivity contribution in [3.63, 3.8) is 0 Å². The normalized spacial score (nSPS) is 11.2. The van der Waals surface area contributed by atoms with Crippen molar-refractivity contribution >= 4 is 17.6 Å².